The molecule has 1 aliphatic heterocycles. The number of para-hydroxylation sites is 1. The summed E-state index contributed by atoms with van der Waals surface area (Å²) in [5, 5.41) is 1.59. The SMILES string of the molecule is C[C@H]1CCc2ccccc2N1C(=O)CS(=O)(=O)c1nccs1. The Hall–Kier alpha value is -1.73. The minimum atomic E-state index is -3.68. The molecule has 0 N–H and O–H groups in total. The summed E-state index contributed by atoms with van der Waals surface area (Å²) < 4.78 is 24.5. The van der Waals surface area contributed by atoms with Gasteiger partial charge in [-0.2, -0.15) is 0 Å². The lowest BCUT2D eigenvalue weighted by Crippen LogP contribution is -2.44. The highest BCUT2D eigenvalue weighted by Crippen LogP contribution is 2.31. The lowest BCUT2D eigenvalue weighted by molar-refractivity contribution is -0.116. The summed E-state index contributed by atoms with van der Waals surface area (Å²) in [5.41, 5.74) is 1.90. The number of thiazole rings is 1. The third kappa shape index (κ3) is 2.78. The van der Waals surface area contributed by atoms with Crippen molar-refractivity contribution in [2.75, 3.05) is 10.7 Å². The van der Waals surface area contributed by atoms with Crippen molar-refractivity contribution in [3.63, 3.8) is 0 Å². The second kappa shape index (κ2) is 5.81. The number of hydrogen-bond donors (Lipinski definition) is 0. The first-order valence-corrected chi connectivity index (χ1v) is 9.54. The molecular weight excluding hydrogens is 320 g/mol. The van der Waals surface area contributed by atoms with Crippen molar-refractivity contribution < 1.29 is 13.2 Å². The maximum absolute atomic E-state index is 12.6. The number of fused-ring (bicyclic) bond motifs is 1. The minimum absolute atomic E-state index is 0.00111. The highest BCUT2D eigenvalue weighted by Gasteiger charge is 2.32. The molecule has 0 aliphatic carbocycles. The summed E-state index contributed by atoms with van der Waals surface area (Å²) in [7, 11) is -3.68. The summed E-state index contributed by atoms with van der Waals surface area (Å²) in [6.07, 6.45) is 3.17. The van der Waals surface area contributed by atoms with Crippen LogP contribution in [0.2, 0.25) is 0 Å². The van der Waals surface area contributed by atoms with Crippen LogP contribution in [-0.2, 0) is 21.1 Å². The van der Waals surface area contributed by atoms with E-state index in [4.69, 9.17) is 0 Å². The molecule has 1 aromatic heterocycles. The average molecular weight is 336 g/mol. The lowest BCUT2D eigenvalue weighted by atomic mass is 9.97. The lowest BCUT2D eigenvalue weighted by Gasteiger charge is -2.35. The van der Waals surface area contributed by atoms with Gasteiger partial charge in [-0.25, -0.2) is 13.4 Å². The Morgan fingerprint density at radius 2 is 2.18 bits per heavy atom. The van der Waals surface area contributed by atoms with E-state index in [0.29, 0.717) is 0 Å². The van der Waals surface area contributed by atoms with Gasteiger partial charge in [0.25, 0.3) is 0 Å². The zero-order valence-corrected chi connectivity index (χ0v) is 13.7. The summed E-state index contributed by atoms with van der Waals surface area (Å²) in [6.45, 7) is 1.95. The zero-order chi connectivity index (χ0) is 15.7. The maximum Gasteiger partial charge on any atom is 0.242 e. The molecule has 0 saturated heterocycles. The number of amides is 1. The van der Waals surface area contributed by atoms with Crippen molar-refractivity contribution in [1.29, 1.82) is 0 Å². The fourth-order valence-electron chi connectivity index (χ4n) is 2.73. The number of aryl methyl sites for hydroxylation is 1. The van der Waals surface area contributed by atoms with Crippen LogP contribution in [-0.4, -0.2) is 31.1 Å². The second-order valence-electron chi connectivity index (χ2n) is 5.34. The van der Waals surface area contributed by atoms with Gasteiger partial charge in [0.2, 0.25) is 20.1 Å². The van der Waals surface area contributed by atoms with Crippen LogP contribution >= 0.6 is 11.3 Å². The van der Waals surface area contributed by atoms with Crippen molar-refractivity contribution in [3.05, 3.63) is 41.4 Å². The van der Waals surface area contributed by atoms with Crippen LogP contribution in [0.1, 0.15) is 18.9 Å². The maximum atomic E-state index is 12.6. The quantitative estimate of drug-likeness (QED) is 0.862. The molecule has 7 heteroatoms. The van der Waals surface area contributed by atoms with Crippen LogP contribution in [0.15, 0.2) is 40.2 Å². The average Bonchev–Trinajstić information content (AvgIpc) is 3.01. The van der Waals surface area contributed by atoms with E-state index in [2.05, 4.69) is 4.98 Å². The van der Waals surface area contributed by atoms with Crippen LogP contribution in [0, 0.1) is 0 Å². The number of aromatic nitrogens is 1. The Balaban J connectivity index is 1.89. The predicted octanol–water partition coefficient (Wildman–Crippen LogP) is 2.28. The normalized spacial score (nSPS) is 18.0. The summed E-state index contributed by atoms with van der Waals surface area (Å²) >= 11 is 1.04. The molecule has 0 saturated carbocycles. The largest absolute Gasteiger partial charge is 0.308 e. The van der Waals surface area contributed by atoms with Crippen LogP contribution < -0.4 is 4.90 Å². The summed E-state index contributed by atoms with van der Waals surface area (Å²) in [4.78, 5) is 18.0. The van der Waals surface area contributed by atoms with Crippen molar-refractivity contribution >= 4 is 32.8 Å². The van der Waals surface area contributed by atoms with Crippen LogP contribution in [0.4, 0.5) is 5.69 Å². The molecule has 0 spiro atoms. The fourth-order valence-corrected chi connectivity index (χ4v) is 4.82. The highest BCUT2D eigenvalue weighted by molar-refractivity contribution is 7.94. The molecule has 3 rings (SSSR count). The van der Waals surface area contributed by atoms with E-state index in [9.17, 15) is 13.2 Å². The molecule has 0 radical (unpaired) electrons. The number of hydrogen-bond acceptors (Lipinski definition) is 5. The number of rotatable bonds is 3. The molecule has 1 amide bonds. The number of carbonyl (C=O) groups excluding carboxylic acids is 1. The standard InChI is InChI=1S/C15H16N2O3S2/c1-11-6-7-12-4-2-3-5-13(12)17(11)14(18)10-22(19,20)15-16-8-9-21-15/h2-5,8-9,11H,6-7,10H2,1H3/t11-/m0/s1. The van der Waals surface area contributed by atoms with Gasteiger partial charge in [0, 0.05) is 23.3 Å². The Morgan fingerprint density at radius 3 is 2.91 bits per heavy atom. The molecular formula is C15H16N2O3S2. The molecule has 2 aromatic rings. The fraction of sp³-hybridized carbons (Fsp3) is 0.333. The van der Waals surface area contributed by atoms with E-state index >= 15 is 0 Å². The van der Waals surface area contributed by atoms with Gasteiger partial charge in [0.1, 0.15) is 5.75 Å². The van der Waals surface area contributed by atoms with Crippen molar-refractivity contribution in [3.8, 4) is 0 Å². The minimum Gasteiger partial charge on any atom is -0.308 e. The van der Waals surface area contributed by atoms with Gasteiger partial charge >= 0.3 is 0 Å². The Labute approximate surface area is 133 Å². The first-order valence-electron chi connectivity index (χ1n) is 7.01. The highest BCUT2D eigenvalue weighted by atomic mass is 32.2. The summed E-state index contributed by atoms with van der Waals surface area (Å²) in [6, 6.07) is 7.65. The predicted molar refractivity (Wildman–Crippen MR) is 85.9 cm³/mol. The molecule has 22 heavy (non-hydrogen) atoms. The Kier molecular flexibility index (Phi) is 4.01. The van der Waals surface area contributed by atoms with E-state index in [-0.39, 0.29) is 10.4 Å². The van der Waals surface area contributed by atoms with E-state index in [1.54, 1.807) is 10.3 Å². The van der Waals surface area contributed by atoms with E-state index in [1.165, 1.54) is 6.20 Å². The number of anilines is 1. The third-order valence-corrected chi connectivity index (χ3v) is 6.66. The van der Waals surface area contributed by atoms with E-state index in [0.717, 1.165) is 35.4 Å². The van der Waals surface area contributed by atoms with Gasteiger partial charge < -0.3 is 4.90 Å². The van der Waals surface area contributed by atoms with Crippen LogP contribution in [0.3, 0.4) is 0 Å². The van der Waals surface area contributed by atoms with Crippen LogP contribution in [0.25, 0.3) is 0 Å². The molecule has 2 heterocycles. The van der Waals surface area contributed by atoms with Crippen LogP contribution in [0.5, 0.6) is 0 Å². The first kappa shape index (κ1) is 15.2. The number of sulfone groups is 1. The molecule has 0 fully saturated rings. The topological polar surface area (TPSA) is 67.3 Å². The van der Waals surface area contributed by atoms with Gasteiger partial charge in [-0.1, -0.05) is 18.2 Å². The monoisotopic (exact) mass is 336 g/mol. The number of carbonyl (C=O) groups is 1. The van der Waals surface area contributed by atoms with E-state index in [1.807, 2.05) is 31.2 Å². The molecule has 0 unspecified atom stereocenters. The molecule has 1 aliphatic rings. The van der Waals surface area contributed by atoms with Crippen molar-refractivity contribution in [2.45, 2.75) is 30.1 Å². The van der Waals surface area contributed by atoms with Gasteiger partial charge in [-0.3, -0.25) is 4.79 Å². The van der Waals surface area contributed by atoms with Gasteiger partial charge in [0.05, 0.1) is 0 Å². The molecule has 0 bridgehead atoms. The first-order chi connectivity index (χ1) is 10.5. The third-order valence-electron chi connectivity index (χ3n) is 3.78. The van der Waals surface area contributed by atoms with Crippen molar-refractivity contribution in [2.24, 2.45) is 0 Å². The number of nitrogens with zero attached hydrogens (tertiary/aromatic N) is 2. The molecule has 1 atom stereocenters. The van der Waals surface area contributed by atoms with Gasteiger partial charge in [-0.05, 0) is 31.4 Å². The van der Waals surface area contributed by atoms with Crippen molar-refractivity contribution in [1.82, 2.24) is 4.98 Å². The smallest absolute Gasteiger partial charge is 0.242 e. The molecule has 5 nitrogen and oxygen atoms in total. The molecule has 116 valence electrons. The number of benzene rings is 1. The Morgan fingerprint density at radius 1 is 1.41 bits per heavy atom. The molecule has 1 aromatic carbocycles. The zero-order valence-electron chi connectivity index (χ0n) is 12.1. The summed E-state index contributed by atoms with van der Waals surface area (Å²) in [5.74, 6) is -0.936. The van der Waals surface area contributed by atoms with Gasteiger partial charge in [0.15, 0.2) is 0 Å². The van der Waals surface area contributed by atoms with E-state index < -0.39 is 21.5 Å². The second-order valence-corrected chi connectivity index (χ2v) is 8.40. The van der Waals surface area contributed by atoms with Gasteiger partial charge in [-0.15, -0.1) is 11.3 Å². The Bertz CT molecular complexity index is 785.